The zero-order valence-corrected chi connectivity index (χ0v) is 10.4. The third-order valence-corrected chi connectivity index (χ3v) is 3.43. The number of hydrogen-bond acceptors (Lipinski definition) is 5. The Morgan fingerprint density at radius 2 is 2.31 bits per heavy atom. The van der Waals surface area contributed by atoms with Gasteiger partial charge < -0.3 is 9.72 Å². The Hall–Kier alpha value is -0.790. The van der Waals surface area contributed by atoms with Gasteiger partial charge in [-0.3, -0.25) is 0 Å². The molecule has 0 fully saturated rings. The van der Waals surface area contributed by atoms with Crippen LogP contribution in [0.2, 0.25) is 0 Å². The fourth-order valence-corrected chi connectivity index (χ4v) is 2.55. The van der Waals surface area contributed by atoms with Crippen LogP contribution in [0.4, 0.5) is 0 Å². The van der Waals surface area contributed by atoms with Crippen LogP contribution in [0.15, 0.2) is 0 Å². The Morgan fingerprint density at radius 3 is 3.00 bits per heavy atom. The summed E-state index contributed by atoms with van der Waals surface area (Å²) in [4.78, 5) is 7.10. The Morgan fingerprint density at radius 1 is 1.56 bits per heavy atom. The lowest BCUT2D eigenvalue weighted by Crippen LogP contribution is -2.16. The lowest BCUT2D eigenvalue weighted by molar-refractivity contribution is 0.108. The molecule has 0 amide bonds. The number of ether oxygens (including phenoxy) is 1. The van der Waals surface area contributed by atoms with E-state index in [0.29, 0.717) is 23.7 Å². The SMILES string of the molecule is CS(=O)(=O)Cc1nc(=S)c2c([nH]1)CCOC2. The highest BCUT2D eigenvalue weighted by molar-refractivity contribution is 7.89. The van der Waals surface area contributed by atoms with Gasteiger partial charge in [0.15, 0.2) is 9.84 Å². The van der Waals surface area contributed by atoms with Crippen LogP contribution in [0, 0.1) is 4.64 Å². The molecule has 0 aromatic carbocycles. The average molecular weight is 260 g/mol. The molecule has 0 saturated carbocycles. The highest BCUT2D eigenvalue weighted by atomic mass is 32.2. The summed E-state index contributed by atoms with van der Waals surface area (Å²) >= 11 is 5.11. The molecule has 0 spiro atoms. The highest BCUT2D eigenvalue weighted by Gasteiger charge is 2.15. The van der Waals surface area contributed by atoms with Gasteiger partial charge in [0.25, 0.3) is 0 Å². The molecule has 1 aliphatic rings. The first-order valence-corrected chi connectivity index (χ1v) is 7.29. The number of sulfone groups is 1. The van der Waals surface area contributed by atoms with Crippen molar-refractivity contribution in [1.82, 2.24) is 9.97 Å². The van der Waals surface area contributed by atoms with Crippen molar-refractivity contribution in [1.29, 1.82) is 0 Å². The molecule has 0 unspecified atom stereocenters. The molecule has 1 aliphatic heterocycles. The number of aromatic nitrogens is 2. The van der Waals surface area contributed by atoms with Crippen LogP contribution >= 0.6 is 12.2 Å². The summed E-state index contributed by atoms with van der Waals surface area (Å²) in [5.41, 5.74) is 1.82. The summed E-state index contributed by atoms with van der Waals surface area (Å²) in [5.74, 6) is 0.304. The van der Waals surface area contributed by atoms with Crippen LogP contribution < -0.4 is 0 Å². The molecular weight excluding hydrogens is 248 g/mol. The molecule has 0 aliphatic carbocycles. The van der Waals surface area contributed by atoms with Crippen LogP contribution in [-0.4, -0.2) is 31.2 Å². The molecule has 1 aromatic heterocycles. The second-order valence-corrected chi connectivity index (χ2v) is 6.35. The summed E-state index contributed by atoms with van der Waals surface area (Å²) in [6.07, 6.45) is 1.90. The molecule has 2 rings (SSSR count). The molecule has 2 heterocycles. The van der Waals surface area contributed by atoms with E-state index in [0.717, 1.165) is 17.7 Å². The Bertz CT molecular complexity index is 563. The van der Waals surface area contributed by atoms with E-state index in [4.69, 9.17) is 17.0 Å². The van der Waals surface area contributed by atoms with E-state index in [1.165, 1.54) is 6.26 Å². The standard InChI is InChI=1S/C9H12N2O3S2/c1-16(12,13)5-8-10-7-2-3-14-4-6(7)9(15)11-8/h2-5H2,1H3,(H,10,11,15). The molecule has 88 valence electrons. The Kier molecular flexibility index (Phi) is 3.09. The van der Waals surface area contributed by atoms with Crippen molar-refractivity contribution in [3.8, 4) is 0 Å². The molecule has 1 aromatic rings. The van der Waals surface area contributed by atoms with Gasteiger partial charge in [0, 0.05) is 23.9 Å². The lowest BCUT2D eigenvalue weighted by Gasteiger charge is -2.16. The van der Waals surface area contributed by atoms with Crippen molar-refractivity contribution in [2.24, 2.45) is 0 Å². The van der Waals surface area contributed by atoms with E-state index in [1.807, 2.05) is 0 Å². The fraction of sp³-hybridized carbons (Fsp3) is 0.556. The monoisotopic (exact) mass is 260 g/mol. The minimum absolute atomic E-state index is 0.106. The van der Waals surface area contributed by atoms with Crippen molar-refractivity contribution in [3.63, 3.8) is 0 Å². The van der Waals surface area contributed by atoms with Crippen LogP contribution in [-0.2, 0) is 33.4 Å². The van der Waals surface area contributed by atoms with Gasteiger partial charge in [-0.1, -0.05) is 12.2 Å². The number of nitrogens with zero attached hydrogens (tertiary/aromatic N) is 1. The first kappa shape index (κ1) is 11.7. The van der Waals surface area contributed by atoms with E-state index in [2.05, 4.69) is 9.97 Å². The van der Waals surface area contributed by atoms with Crippen LogP contribution in [0.1, 0.15) is 17.1 Å². The maximum absolute atomic E-state index is 11.2. The minimum Gasteiger partial charge on any atom is -0.376 e. The molecule has 0 bridgehead atoms. The predicted octanol–water partition coefficient (Wildman–Crippen LogP) is 0.756. The van der Waals surface area contributed by atoms with Crippen molar-refractivity contribution in [2.75, 3.05) is 12.9 Å². The number of aromatic amines is 1. The zero-order valence-electron chi connectivity index (χ0n) is 8.82. The van der Waals surface area contributed by atoms with Gasteiger partial charge in [0.2, 0.25) is 0 Å². The topological polar surface area (TPSA) is 72.0 Å². The summed E-state index contributed by atoms with van der Waals surface area (Å²) in [7, 11) is -3.09. The van der Waals surface area contributed by atoms with Gasteiger partial charge >= 0.3 is 0 Å². The van der Waals surface area contributed by atoms with E-state index in [1.54, 1.807) is 0 Å². The number of fused-ring (bicyclic) bond motifs is 1. The van der Waals surface area contributed by atoms with E-state index in [9.17, 15) is 8.42 Å². The van der Waals surface area contributed by atoms with Crippen LogP contribution in [0.3, 0.4) is 0 Å². The first-order valence-electron chi connectivity index (χ1n) is 4.82. The molecule has 0 radical (unpaired) electrons. The predicted molar refractivity (Wildman–Crippen MR) is 61.3 cm³/mol. The third-order valence-electron chi connectivity index (χ3n) is 2.30. The lowest BCUT2D eigenvalue weighted by atomic mass is 10.1. The Labute approximate surface area is 98.8 Å². The molecule has 0 saturated heterocycles. The normalized spacial score (nSPS) is 15.8. The van der Waals surface area contributed by atoms with Gasteiger partial charge in [0.1, 0.15) is 16.2 Å². The molecule has 5 nitrogen and oxygen atoms in total. The number of hydrogen-bond donors (Lipinski definition) is 1. The second kappa shape index (κ2) is 4.23. The van der Waals surface area contributed by atoms with E-state index in [-0.39, 0.29) is 5.75 Å². The van der Waals surface area contributed by atoms with Crippen molar-refractivity contribution < 1.29 is 13.2 Å². The van der Waals surface area contributed by atoms with Crippen molar-refractivity contribution in [3.05, 3.63) is 21.7 Å². The third kappa shape index (κ3) is 2.66. The van der Waals surface area contributed by atoms with Crippen LogP contribution in [0.25, 0.3) is 0 Å². The summed E-state index contributed by atoms with van der Waals surface area (Å²) in [6.45, 7) is 1.08. The second-order valence-electron chi connectivity index (χ2n) is 3.82. The molecule has 1 N–H and O–H groups in total. The number of nitrogens with one attached hydrogen (secondary N) is 1. The maximum atomic E-state index is 11.2. The van der Waals surface area contributed by atoms with Crippen molar-refractivity contribution >= 4 is 22.1 Å². The molecular formula is C9H12N2O3S2. The van der Waals surface area contributed by atoms with Crippen LogP contribution in [0.5, 0.6) is 0 Å². The molecule has 0 atom stereocenters. The van der Waals surface area contributed by atoms with Gasteiger partial charge in [-0.15, -0.1) is 0 Å². The Balaban J connectivity index is 2.43. The maximum Gasteiger partial charge on any atom is 0.154 e. The smallest absolute Gasteiger partial charge is 0.154 e. The van der Waals surface area contributed by atoms with Gasteiger partial charge in [-0.05, 0) is 0 Å². The quantitative estimate of drug-likeness (QED) is 0.795. The van der Waals surface area contributed by atoms with Gasteiger partial charge in [-0.25, -0.2) is 13.4 Å². The fourth-order valence-electron chi connectivity index (χ4n) is 1.62. The minimum atomic E-state index is -3.09. The first-order chi connectivity index (χ1) is 7.46. The number of H-pyrrole nitrogens is 1. The zero-order chi connectivity index (χ0) is 11.8. The van der Waals surface area contributed by atoms with Crippen molar-refractivity contribution in [2.45, 2.75) is 18.8 Å². The largest absolute Gasteiger partial charge is 0.376 e. The summed E-state index contributed by atoms with van der Waals surface area (Å²) in [6, 6.07) is 0. The summed E-state index contributed by atoms with van der Waals surface area (Å²) in [5, 5.41) is 0. The highest BCUT2D eigenvalue weighted by Crippen LogP contribution is 2.15. The van der Waals surface area contributed by atoms with E-state index < -0.39 is 9.84 Å². The van der Waals surface area contributed by atoms with Gasteiger partial charge in [0.05, 0.1) is 13.2 Å². The molecule has 16 heavy (non-hydrogen) atoms. The average Bonchev–Trinajstić information content (AvgIpc) is 2.15. The number of rotatable bonds is 2. The summed E-state index contributed by atoms with van der Waals surface area (Å²) < 4.78 is 28.0. The van der Waals surface area contributed by atoms with Gasteiger partial charge in [-0.2, -0.15) is 0 Å². The van der Waals surface area contributed by atoms with E-state index >= 15 is 0 Å². The molecule has 7 heteroatoms.